The zero-order valence-corrected chi connectivity index (χ0v) is 14.5. The summed E-state index contributed by atoms with van der Waals surface area (Å²) in [5.41, 5.74) is 1.23. The molecule has 2 fully saturated rings. The molecule has 0 bridgehead atoms. The van der Waals surface area contributed by atoms with E-state index in [9.17, 15) is 9.59 Å². The third kappa shape index (κ3) is 3.55. The van der Waals surface area contributed by atoms with Gasteiger partial charge in [-0.3, -0.25) is 9.59 Å². The quantitative estimate of drug-likeness (QED) is 0.922. The fraction of sp³-hybridized carbons (Fsp3) is 0.579. The van der Waals surface area contributed by atoms with E-state index < -0.39 is 0 Å². The molecule has 5 heteroatoms. The number of methoxy groups -OCH3 is 1. The molecule has 1 N–H and O–H groups in total. The molecule has 0 radical (unpaired) electrons. The molecule has 1 atom stereocenters. The number of carbonyl (C=O) groups is 2. The maximum atomic E-state index is 12.5. The van der Waals surface area contributed by atoms with Gasteiger partial charge in [0.15, 0.2) is 0 Å². The van der Waals surface area contributed by atoms with Crippen LogP contribution in [0.4, 0.5) is 0 Å². The maximum Gasteiger partial charge on any atom is 0.225 e. The minimum atomic E-state index is -0.0621. The molecule has 1 aromatic carbocycles. The summed E-state index contributed by atoms with van der Waals surface area (Å²) in [5, 5.41) is 3.17. The summed E-state index contributed by atoms with van der Waals surface area (Å²) in [6.45, 7) is 2.91. The number of rotatable bonds is 4. The lowest BCUT2D eigenvalue weighted by Crippen LogP contribution is -2.50. The van der Waals surface area contributed by atoms with Crippen LogP contribution < -0.4 is 10.1 Å². The Morgan fingerprint density at radius 2 is 2.00 bits per heavy atom. The Morgan fingerprint density at radius 1 is 1.25 bits per heavy atom. The Bertz CT molecular complexity index is 610. The molecule has 0 aromatic heterocycles. The summed E-state index contributed by atoms with van der Waals surface area (Å²) in [6, 6.07) is 8.33. The number of piperidine rings is 1. The summed E-state index contributed by atoms with van der Waals surface area (Å²) in [5.74, 6) is 1.48. The normalized spacial score (nSPS) is 26.4. The molecule has 1 aliphatic carbocycles. The number of carbonyl (C=O) groups excluding carboxylic acids is 2. The predicted molar refractivity (Wildman–Crippen MR) is 91.9 cm³/mol. The van der Waals surface area contributed by atoms with Gasteiger partial charge in [0.05, 0.1) is 13.0 Å². The van der Waals surface area contributed by atoms with Gasteiger partial charge in [0.2, 0.25) is 11.8 Å². The van der Waals surface area contributed by atoms with Crippen molar-refractivity contribution in [3.05, 3.63) is 29.8 Å². The highest BCUT2D eigenvalue weighted by Crippen LogP contribution is 2.41. The van der Waals surface area contributed by atoms with Crippen LogP contribution in [0.2, 0.25) is 0 Å². The van der Waals surface area contributed by atoms with E-state index in [2.05, 4.69) is 11.4 Å². The van der Waals surface area contributed by atoms with Crippen molar-refractivity contribution < 1.29 is 14.3 Å². The van der Waals surface area contributed by atoms with Crippen LogP contribution >= 0.6 is 0 Å². The summed E-state index contributed by atoms with van der Waals surface area (Å²) in [4.78, 5) is 25.7. The number of nitrogens with one attached hydrogen (secondary N) is 1. The largest absolute Gasteiger partial charge is 0.496 e. The number of nitrogens with zero attached hydrogens (tertiary/aromatic N) is 1. The molecule has 3 rings (SSSR count). The van der Waals surface area contributed by atoms with Gasteiger partial charge in [-0.15, -0.1) is 0 Å². The van der Waals surface area contributed by atoms with Gasteiger partial charge < -0.3 is 15.0 Å². The highest BCUT2D eigenvalue weighted by molar-refractivity contribution is 5.81. The zero-order chi connectivity index (χ0) is 17.1. The second kappa shape index (κ2) is 7.24. The van der Waals surface area contributed by atoms with E-state index in [1.54, 1.807) is 18.9 Å². The number of likely N-dealkylation sites (tertiary alicyclic amines) is 1. The van der Waals surface area contributed by atoms with E-state index in [4.69, 9.17) is 4.74 Å². The third-order valence-corrected chi connectivity index (χ3v) is 5.30. The van der Waals surface area contributed by atoms with Crippen molar-refractivity contribution in [2.75, 3.05) is 20.2 Å². The first-order valence-electron chi connectivity index (χ1n) is 8.77. The SMILES string of the molecule is COc1ccccc1C1CC(NC(=O)C2CCCN(C(C)=O)C2)C1. The van der Waals surface area contributed by atoms with E-state index in [-0.39, 0.29) is 23.8 Å². The Balaban J connectivity index is 1.50. The van der Waals surface area contributed by atoms with Gasteiger partial charge in [-0.25, -0.2) is 0 Å². The first-order valence-corrected chi connectivity index (χ1v) is 8.77. The van der Waals surface area contributed by atoms with Crippen molar-refractivity contribution in [3.63, 3.8) is 0 Å². The lowest BCUT2D eigenvalue weighted by Gasteiger charge is -2.38. The molecule has 1 unspecified atom stereocenters. The third-order valence-electron chi connectivity index (χ3n) is 5.30. The van der Waals surface area contributed by atoms with Crippen LogP contribution in [0.3, 0.4) is 0 Å². The van der Waals surface area contributed by atoms with Crippen molar-refractivity contribution in [2.45, 2.75) is 44.6 Å². The standard InChI is InChI=1S/C19H26N2O3/c1-13(22)21-9-5-6-14(12-21)19(23)20-16-10-15(11-16)17-7-3-4-8-18(17)24-2/h3-4,7-8,14-16H,5-6,9-12H2,1-2H3,(H,20,23). The number of hydrogen-bond donors (Lipinski definition) is 1. The molecule has 1 heterocycles. The monoisotopic (exact) mass is 330 g/mol. The summed E-state index contributed by atoms with van der Waals surface area (Å²) < 4.78 is 5.42. The van der Waals surface area contributed by atoms with Gasteiger partial charge in [-0.1, -0.05) is 18.2 Å². The minimum Gasteiger partial charge on any atom is -0.496 e. The fourth-order valence-electron chi connectivity index (χ4n) is 3.79. The molecule has 5 nitrogen and oxygen atoms in total. The lowest BCUT2D eigenvalue weighted by molar-refractivity contribution is -0.134. The highest BCUT2D eigenvalue weighted by atomic mass is 16.5. The number of hydrogen-bond acceptors (Lipinski definition) is 3. The average molecular weight is 330 g/mol. The average Bonchev–Trinajstić information content (AvgIpc) is 2.57. The second-order valence-corrected chi connectivity index (χ2v) is 6.92. The van der Waals surface area contributed by atoms with Crippen molar-refractivity contribution in [1.29, 1.82) is 0 Å². The highest BCUT2D eigenvalue weighted by Gasteiger charge is 2.35. The summed E-state index contributed by atoms with van der Waals surface area (Å²) >= 11 is 0. The molecule has 2 aliphatic rings. The van der Waals surface area contributed by atoms with Gasteiger partial charge in [-0.05, 0) is 43.2 Å². The molecule has 1 aromatic rings. The molecular formula is C19H26N2O3. The van der Waals surface area contributed by atoms with E-state index >= 15 is 0 Å². The van der Waals surface area contributed by atoms with Gasteiger partial charge in [0, 0.05) is 26.1 Å². The molecule has 24 heavy (non-hydrogen) atoms. The first kappa shape index (κ1) is 16.8. The summed E-state index contributed by atoms with van der Waals surface area (Å²) in [6.07, 6.45) is 3.69. The van der Waals surface area contributed by atoms with Crippen LogP contribution in [0, 0.1) is 5.92 Å². The predicted octanol–water partition coefficient (Wildman–Crippen LogP) is 2.32. The van der Waals surface area contributed by atoms with Gasteiger partial charge in [0.25, 0.3) is 0 Å². The van der Waals surface area contributed by atoms with Crippen LogP contribution in [0.15, 0.2) is 24.3 Å². The van der Waals surface area contributed by atoms with Crippen molar-refractivity contribution >= 4 is 11.8 Å². The smallest absolute Gasteiger partial charge is 0.225 e. The number of benzene rings is 1. The lowest BCUT2D eigenvalue weighted by atomic mass is 9.75. The Hall–Kier alpha value is -2.04. The maximum absolute atomic E-state index is 12.5. The molecule has 1 saturated heterocycles. The second-order valence-electron chi connectivity index (χ2n) is 6.92. The number of para-hydroxylation sites is 1. The van der Waals surface area contributed by atoms with E-state index in [1.165, 1.54) is 5.56 Å². The number of amides is 2. The molecule has 0 spiro atoms. The number of ether oxygens (including phenoxy) is 1. The van der Waals surface area contributed by atoms with Crippen LogP contribution in [0.5, 0.6) is 5.75 Å². The van der Waals surface area contributed by atoms with Crippen LogP contribution in [0.1, 0.15) is 44.1 Å². The molecular weight excluding hydrogens is 304 g/mol. The fourth-order valence-corrected chi connectivity index (χ4v) is 3.79. The van der Waals surface area contributed by atoms with Crippen LogP contribution in [-0.4, -0.2) is 43.0 Å². The topological polar surface area (TPSA) is 58.6 Å². The Labute approximate surface area is 143 Å². The van der Waals surface area contributed by atoms with Gasteiger partial charge >= 0.3 is 0 Å². The molecule has 130 valence electrons. The molecule has 1 aliphatic heterocycles. The minimum absolute atomic E-state index is 0.0621. The summed E-state index contributed by atoms with van der Waals surface area (Å²) in [7, 11) is 1.70. The van der Waals surface area contributed by atoms with Crippen molar-refractivity contribution in [2.24, 2.45) is 5.92 Å². The van der Waals surface area contributed by atoms with Gasteiger partial charge in [0.1, 0.15) is 5.75 Å². The van der Waals surface area contributed by atoms with E-state index in [0.717, 1.165) is 38.0 Å². The van der Waals surface area contributed by atoms with Crippen molar-refractivity contribution in [1.82, 2.24) is 10.2 Å². The zero-order valence-electron chi connectivity index (χ0n) is 14.5. The molecule has 1 saturated carbocycles. The van der Waals surface area contributed by atoms with Gasteiger partial charge in [-0.2, -0.15) is 0 Å². The first-order chi connectivity index (χ1) is 11.6. The Morgan fingerprint density at radius 3 is 2.71 bits per heavy atom. The van der Waals surface area contributed by atoms with Crippen molar-refractivity contribution in [3.8, 4) is 5.75 Å². The Kier molecular flexibility index (Phi) is 5.07. The van der Waals surface area contributed by atoms with Crippen LogP contribution in [0.25, 0.3) is 0 Å². The molecule has 2 amide bonds. The van der Waals surface area contributed by atoms with Crippen LogP contribution in [-0.2, 0) is 9.59 Å². The van der Waals surface area contributed by atoms with E-state index in [0.29, 0.717) is 12.5 Å². The van der Waals surface area contributed by atoms with E-state index in [1.807, 2.05) is 18.2 Å².